The molecular weight excluding hydrogens is 432 g/mol. The van der Waals surface area contributed by atoms with Crippen LogP contribution in [-0.4, -0.2) is 55.9 Å². The third-order valence-electron chi connectivity index (χ3n) is 6.08. The Morgan fingerprint density at radius 1 is 0.970 bits per heavy atom. The highest BCUT2D eigenvalue weighted by Crippen LogP contribution is 2.30. The van der Waals surface area contributed by atoms with Crippen molar-refractivity contribution in [3.05, 3.63) is 64.9 Å². The molecule has 0 aliphatic carbocycles. The lowest BCUT2D eigenvalue weighted by atomic mass is 10.2. The van der Waals surface area contributed by atoms with Crippen molar-refractivity contribution in [1.29, 1.82) is 0 Å². The molecule has 0 saturated carbocycles. The van der Waals surface area contributed by atoms with Crippen molar-refractivity contribution in [3.8, 4) is 0 Å². The van der Waals surface area contributed by atoms with Crippen molar-refractivity contribution in [2.45, 2.75) is 26.4 Å². The molecule has 5 rings (SSSR count). The molecule has 2 aromatic carbocycles. The largest absolute Gasteiger partial charge is 0.368 e. The summed E-state index contributed by atoms with van der Waals surface area (Å²) in [5, 5.41) is 4.45. The lowest BCUT2D eigenvalue weighted by Gasteiger charge is -2.37. The Morgan fingerprint density at radius 3 is 2.52 bits per heavy atom. The van der Waals surface area contributed by atoms with Crippen molar-refractivity contribution in [2.24, 2.45) is 0 Å². The van der Waals surface area contributed by atoms with Gasteiger partial charge in [-0.25, -0.2) is 4.98 Å². The van der Waals surface area contributed by atoms with Gasteiger partial charge in [0.2, 0.25) is 11.9 Å². The minimum Gasteiger partial charge on any atom is -0.368 e. The molecule has 1 fully saturated rings. The molecule has 8 nitrogen and oxygen atoms in total. The Balaban J connectivity index is 1.21. The Hall–Kier alpha value is -3.14. The highest BCUT2D eigenvalue weighted by Gasteiger charge is 2.25. The molecular formula is C24H28N8S. The van der Waals surface area contributed by atoms with Crippen molar-refractivity contribution in [2.75, 3.05) is 37.2 Å². The predicted octanol–water partition coefficient (Wildman–Crippen LogP) is 3.99. The van der Waals surface area contributed by atoms with Gasteiger partial charge in [-0.1, -0.05) is 30.3 Å². The lowest BCUT2D eigenvalue weighted by molar-refractivity contribution is 0.0962. The van der Waals surface area contributed by atoms with Gasteiger partial charge in [0.15, 0.2) is 0 Å². The number of nitrogens with two attached hydrogens (primary N) is 1. The van der Waals surface area contributed by atoms with Gasteiger partial charge in [-0.2, -0.15) is 15.0 Å². The summed E-state index contributed by atoms with van der Waals surface area (Å²) in [6.07, 6.45) is 0. The molecule has 1 aliphatic rings. The number of nitrogens with one attached hydrogen (secondary N) is 1. The van der Waals surface area contributed by atoms with Gasteiger partial charge >= 0.3 is 0 Å². The van der Waals surface area contributed by atoms with E-state index in [1.165, 1.54) is 9.71 Å². The first-order valence-corrected chi connectivity index (χ1v) is 12.0. The van der Waals surface area contributed by atoms with Crippen molar-refractivity contribution < 1.29 is 0 Å². The van der Waals surface area contributed by atoms with Crippen molar-refractivity contribution >= 4 is 39.1 Å². The molecule has 0 spiro atoms. The maximum absolute atomic E-state index is 5.98. The number of hydrogen-bond acceptors (Lipinski definition) is 9. The van der Waals surface area contributed by atoms with E-state index in [2.05, 4.69) is 55.2 Å². The Kier molecular flexibility index (Phi) is 6.17. The lowest BCUT2D eigenvalue weighted by Crippen LogP contribution is -2.46. The number of aryl methyl sites for hydroxylation is 1. The Labute approximate surface area is 197 Å². The SMILES string of the molecule is Cc1ccccc1Nc1nc(N)nc(CN2CCN(C(C)c3nc4ccccc4s3)CC2)n1. The Morgan fingerprint density at radius 2 is 1.73 bits per heavy atom. The number of anilines is 3. The number of nitrogens with zero attached hydrogens (tertiary/aromatic N) is 6. The summed E-state index contributed by atoms with van der Waals surface area (Å²) in [6, 6.07) is 16.7. The van der Waals surface area contributed by atoms with Crippen LogP contribution >= 0.6 is 11.3 Å². The van der Waals surface area contributed by atoms with E-state index in [9.17, 15) is 0 Å². The van der Waals surface area contributed by atoms with Crippen LogP contribution in [0.25, 0.3) is 10.2 Å². The second-order valence-electron chi connectivity index (χ2n) is 8.38. The molecule has 0 bridgehead atoms. The number of hydrogen-bond donors (Lipinski definition) is 2. The number of nitrogen functional groups attached to an aromatic ring is 1. The first-order valence-electron chi connectivity index (χ1n) is 11.2. The fourth-order valence-corrected chi connectivity index (χ4v) is 5.19. The molecule has 2 aromatic heterocycles. The van der Waals surface area contributed by atoms with Crippen LogP contribution in [0.2, 0.25) is 0 Å². The number of fused-ring (bicyclic) bond motifs is 1. The first-order chi connectivity index (χ1) is 16.0. The zero-order valence-corrected chi connectivity index (χ0v) is 19.7. The van der Waals surface area contributed by atoms with Gasteiger partial charge in [0.1, 0.15) is 10.8 Å². The summed E-state index contributed by atoms with van der Waals surface area (Å²) in [5.74, 6) is 1.40. The number of thiazole rings is 1. The summed E-state index contributed by atoms with van der Waals surface area (Å²) < 4.78 is 1.25. The summed E-state index contributed by atoms with van der Waals surface area (Å²) in [5.41, 5.74) is 9.15. The number of rotatable bonds is 6. The quantitative estimate of drug-likeness (QED) is 0.446. The van der Waals surface area contributed by atoms with Gasteiger partial charge in [-0.15, -0.1) is 11.3 Å². The van der Waals surface area contributed by atoms with Gasteiger partial charge < -0.3 is 11.1 Å². The monoisotopic (exact) mass is 460 g/mol. The smallest absolute Gasteiger partial charge is 0.232 e. The van der Waals surface area contributed by atoms with Crippen LogP contribution in [0.4, 0.5) is 17.6 Å². The molecule has 33 heavy (non-hydrogen) atoms. The van der Waals surface area contributed by atoms with Crippen LogP contribution in [0.1, 0.15) is 29.4 Å². The number of para-hydroxylation sites is 2. The minimum absolute atomic E-state index is 0.235. The van der Waals surface area contributed by atoms with Crippen LogP contribution in [0.5, 0.6) is 0 Å². The maximum Gasteiger partial charge on any atom is 0.232 e. The second kappa shape index (κ2) is 9.38. The van der Waals surface area contributed by atoms with Crippen LogP contribution in [0.3, 0.4) is 0 Å². The minimum atomic E-state index is 0.235. The maximum atomic E-state index is 5.98. The van der Waals surface area contributed by atoms with Crippen LogP contribution in [-0.2, 0) is 6.54 Å². The van der Waals surface area contributed by atoms with Crippen LogP contribution in [0.15, 0.2) is 48.5 Å². The molecule has 3 heterocycles. The molecule has 1 aliphatic heterocycles. The molecule has 4 aromatic rings. The molecule has 9 heteroatoms. The average molecular weight is 461 g/mol. The summed E-state index contributed by atoms with van der Waals surface area (Å²) in [6.45, 7) is 8.80. The fraction of sp³-hybridized carbons (Fsp3) is 0.333. The van der Waals surface area contributed by atoms with Crippen molar-refractivity contribution in [3.63, 3.8) is 0 Å². The van der Waals surface area contributed by atoms with Crippen molar-refractivity contribution in [1.82, 2.24) is 29.7 Å². The first kappa shape index (κ1) is 21.7. The molecule has 1 saturated heterocycles. The molecule has 1 atom stereocenters. The van der Waals surface area contributed by atoms with E-state index in [4.69, 9.17) is 10.7 Å². The summed E-state index contributed by atoms with van der Waals surface area (Å²) in [4.78, 5) is 23.0. The third kappa shape index (κ3) is 4.95. The number of piperazine rings is 1. The molecule has 0 amide bonds. The second-order valence-corrected chi connectivity index (χ2v) is 9.44. The number of aromatic nitrogens is 4. The zero-order chi connectivity index (χ0) is 22.8. The van der Waals surface area contributed by atoms with Gasteiger partial charge in [-0.3, -0.25) is 9.80 Å². The molecule has 170 valence electrons. The Bertz CT molecular complexity index is 1220. The van der Waals surface area contributed by atoms with Gasteiger partial charge in [0, 0.05) is 31.9 Å². The standard InChI is InChI=1S/C24H28N8S/c1-16-7-3-4-8-18(16)27-24-29-21(28-23(25)30-24)15-31-11-13-32(14-12-31)17(2)22-26-19-9-5-6-10-20(19)33-22/h3-10,17H,11-15H2,1-2H3,(H3,25,27,28,29,30). The highest BCUT2D eigenvalue weighted by molar-refractivity contribution is 7.18. The third-order valence-corrected chi connectivity index (χ3v) is 7.28. The molecule has 0 radical (unpaired) electrons. The predicted molar refractivity (Wildman–Crippen MR) is 134 cm³/mol. The molecule has 3 N–H and O–H groups in total. The van der Waals surface area contributed by atoms with E-state index >= 15 is 0 Å². The van der Waals surface area contributed by atoms with E-state index in [-0.39, 0.29) is 5.95 Å². The normalized spacial score (nSPS) is 16.2. The summed E-state index contributed by atoms with van der Waals surface area (Å²) in [7, 11) is 0. The van der Waals surface area contributed by atoms with Crippen LogP contribution < -0.4 is 11.1 Å². The van der Waals surface area contributed by atoms with E-state index < -0.39 is 0 Å². The van der Waals surface area contributed by atoms with Gasteiger partial charge in [0.25, 0.3) is 0 Å². The topological polar surface area (TPSA) is 96.1 Å². The zero-order valence-electron chi connectivity index (χ0n) is 18.9. The van der Waals surface area contributed by atoms with Gasteiger partial charge in [-0.05, 0) is 37.6 Å². The summed E-state index contributed by atoms with van der Waals surface area (Å²) >= 11 is 1.79. The van der Waals surface area contributed by atoms with E-state index in [0.29, 0.717) is 24.4 Å². The van der Waals surface area contributed by atoms with Crippen LogP contribution in [0, 0.1) is 6.92 Å². The van der Waals surface area contributed by atoms with E-state index in [1.807, 2.05) is 37.3 Å². The molecule has 1 unspecified atom stereocenters. The number of benzene rings is 2. The fourth-order valence-electron chi connectivity index (χ4n) is 4.13. The average Bonchev–Trinajstić information content (AvgIpc) is 3.25. The van der Waals surface area contributed by atoms with E-state index in [0.717, 1.165) is 42.9 Å². The van der Waals surface area contributed by atoms with Gasteiger partial charge in [0.05, 0.1) is 22.8 Å². The highest BCUT2D eigenvalue weighted by atomic mass is 32.1. The van der Waals surface area contributed by atoms with E-state index in [1.54, 1.807) is 11.3 Å².